The highest BCUT2D eigenvalue weighted by Gasteiger charge is 2.25. The Bertz CT molecular complexity index is 2050. The van der Waals surface area contributed by atoms with E-state index in [0.29, 0.717) is 35.6 Å². The highest BCUT2D eigenvalue weighted by Crippen LogP contribution is 2.39. The van der Waals surface area contributed by atoms with E-state index in [1.54, 1.807) is 43.6 Å². The summed E-state index contributed by atoms with van der Waals surface area (Å²) in [6, 6.07) is 14.4. The summed E-state index contributed by atoms with van der Waals surface area (Å²) in [6.07, 6.45) is 6.96. The number of morpholine rings is 1. The molecule has 244 valence electrons. The Morgan fingerprint density at radius 3 is 2.43 bits per heavy atom. The standard InChI is InChI=1S/C35H38N6O5S/c1-23-3-6-27(7-4-23)47(43,44)41-22-30(28-18-26(35(42)36-2)20-39-34(28)41)25-5-8-31-29(17-25)33(40-11-15-46-16-12-40)32(21-38-31)37-19-24-9-13-45-14-10-24/h3-8,17-18,20-22,24,37H,9-16,19H2,1-2H3,(H,36,42). The number of ether oxygens (including phenoxy) is 2. The van der Waals surface area contributed by atoms with E-state index in [1.165, 1.54) is 10.2 Å². The normalized spacial score (nSPS) is 16.1. The molecule has 5 aromatic rings. The molecule has 2 saturated heterocycles. The molecule has 2 N–H and O–H groups in total. The summed E-state index contributed by atoms with van der Waals surface area (Å²) in [5, 5.41) is 7.83. The average molecular weight is 655 g/mol. The number of nitrogens with zero attached hydrogens (tertiary/aromatic N) is 4. The Morgan fingerprint density at radius 2 is 1.68 bits per heavy atom. The van der Waals surface area contributed by atoms with Gasteiger partial charge in [-0.3, -0.25) is 9.78 Å². The van der Waals surface area contributed by atoms with Crippen molar-refractivity contribution >= 4 is 49.2 Å². The first-order valence-corrected chi connectivity index (χ1v) is 17.4. The summed E-state index contributed by atoms with van der Waals surface area (Å²) in [5.74, 6) is 0.212. The lowest BCUT2D eigenvalue weighted by Crippen LogP contribution is -2.37. The molecule has 1 amide bonds. The number of benzene rings is 2. The zero-order valence-electron chi connectivity index (χ0n) is 26.5. The lowest BCUT2D eigenvalue weighted by atomic mass is 9.99. The number of hydrogen-bond acceptors (Lipinski definition) is 9. The number of amides is 1. The number of fused-ring (bicyclic) bond motifs is 2. The molecule has 0 spiro atoms. The summed E-state index contributed by atoms with van der Waals surface area (Å²) in [6.45, 7) is 7.03. The zero-order chi connectivity index (χ0) is 32.5. The van der Waals surface area contributed by atoms with E-state index < -0.39 is 10.0 Å². The zero-order valence-corrected chi connectivity index (χ0v) is 27.3. The minimum Gasteiger partial charge on any atom is -0.382 e. The van der Waals surface area contributed by atoms with E-state index in [1.807, 2.05) is 25.3 Å². The summed E-state index contributed by atoms with van der Waals surface area (Å²) in [5.41, 5.74) is 5.79. The third-order valence-electron chi connectivity index (χ3n) is 9.08. The van der Waals surface area contributed by atoms with Gasteiger partial charge in [-0.1, -0.05) is 23.8 Å². The van der Waals surface area contributed by atoms with Crippen molar-refractivity contribution in [3.8, 4) is 11.1 Å². The number of nitrogens with one attached hydrogen (secondary N) is 2. The van der Waals surface area contributed by atoms with Crippen LogP contribution in [0.5, 0.6) is 0 Å². The minimum atomic E-state index is -4.00. The second kappa shape index (κ2) is 12.9. The third-order valence-corrected chi connectivity index (χ3v) is 10.7. The van der Waals surface area contributed by atoms with Crippen LogP contribution in [0, 0.1) is 12.8 Å². The molecular formula is C35H38N6O5S. The second-order valence-electron chi connectivity index (χ2n) is 12.1. The molecule has 2 aromatic carbocycles. The Hall–Kier alpha value is -4.52. The molecule has 5 heterocycles. The largest absolute Gasteiger partial charge is 0.382 e. The van der Waals surface area contributed by atoms with Crippen molar-refractivity contribution in [2.45, 2.75) is 24.7 Å². The first-order chi connectivity index (χ1) is 22.8. The van der Waals surface area contributed by atoms with Crippen LogP contribution >= 0.6 is 0 Å². The van der Waals surface area contributed by atoms with Gasteiger partial charge in [0.2, 0.25) is 0 Å². The topological polar surface area (TPSA) is 128 Å². The average Bonchev–Trinajstić information content (AvgIpc) is 3.51. The van der Waals surface area contributed by atoms with Crippen molar-refractivity contribution in [2.24, 2.45) is 5.92 Å². The number of carbonyl (C=O) groups excluding carboxylic acids is 1. The summed E-state index contributed by atoms with van der Waals surface area (Å²) in [7, 11) is -2.45. The van der Waals surface area contributed by atoms with Crippen LogP contribution in [-0.4, -0.2) is 81.4 Å². The number of aromatic nitrogens is 3. The van der Waals surface area contributed by atoms with Gasteiger partial charge in [0.15, 0.2) is 5.65 Å². The van der Waals surface area contributed by atoms with Crippen LogP contribution in [0.1, 0.15) is 28.8 Å². The van der Waals surface area contributed by atoms with Gasteiger partial charge in [0, 0.05) is 68.6 Å². The van der Waals surface area contributed by atoms with E-state index >= 15 is 0 Å². The fraction of sp³-hybridized carbons (Fsp3) is 0.343. The number of hydrogen-bond donors (Lipinski definition) is 2. The van der Waals surface area contributed by atoms with E-state index in [-0.39, 0.29) is 16.4 Å². The number of anilines is 2. The Morgan fingerprint density at radius 1 is 0.936 bits per heavy atom. The highest BCUT2D eigenvalue weighted by molar-refractivity contribution is 7.90. The number of aryl methyl sites for hydroxylation is 1. The Labute approximate surface area is 274 Å². The van der Waals surface area contributed by atoms with Crippen LogP contribution in [0.25, 0.3) is 33.1 Å². The minimum absolute atomic E-state index is 0.154. The van der Waals surface area contributed by atoms with Gasteiger partial charge in [-0.05, 0) is 61.6 Å². The summed E-state index contributed by atoms with van der Waals surface area (Å²) in [4.78, 5) is 24.5. The molecule has 0 bridgehead atoms. The molecule has 0 radical (unpaired) electrons. The summed E-state index contributed by atoms with van der Waals surface area (Å²) < 4.78 is 40.5. The van der Waals surface area contributed by atoms with Gasteiger partial charge in [-0.25, -0.2) is 17.4 Å². The maximum Gasteiger partial charge on any atom is 0.269 e. The van der Waals surface area contributed by atoms with Crippen molar-refractivity contribution in [1.29, 1.82) is 0 Å². The highest BCUT2D eigenvalue weighted by atomic mass is 32.2. The van der Waals surface area contributed by atoms with Gasteiger partial charge in [0.05, 0.1) is 46.8 Å². The Balaban J connectivity index is 1.39. The molecule has 2 aliphatic heterocycles. The SMILES string of the molecule is CNC(=O)c1cnc2c(c1)c(-c1ccc3ncc(NCC4CCOCC4)c(N4CCOCC4)c3c1)cn2S(=O)(=O)c1ccc(C)cc1. The van der Waals surface area contributed by atoms with Crippen molar-refractivity contribution < 1.29 is 22.7 Å². The van der Waals surface area contributed by atoms with Crippen LogP contribution in [0.2, 0.25) is 0 Å². The van der Waals surface area contributed by atoms with E-state index in [2.05, 4.69) is 26.6 Å². The lowest BCUT2D eigenvalue weighted by molar-refractivity contribution is 0.0699. The van der Waals surface area contributed by atoms with Crippen molar-refractivity contribution in [2.75, 3.05) is 63.3 Å². The van der Waals surface area contributed by atoms with Crippen molar-refractivity contribution in [3.63, 3.8) is 0 Å². The quantitative estimate of drug-likeness (QED) is 0.242. The maximum atomic E-state index is 14.0. The first kappa shape index (κ1) is 31.1. The van der Waals surface area contributed by atoms with Crippen LogP contribution in [0.15, 0.2) is 72.0 Å². The molecule has 7 rings (SSSR count). The molecule has 3 aromatic heterocycles. The molecule has 2 aliphatic rings. The molecule has 0 saturated carbocycles. The predicted molar refractivity (Wildman–Crippen MR) is 183 cm³/mol. The molecule has 47 heavy (non-hydrogen) atoms. The van der Waals surface area contributed by atoms with Gasteiger partial charge in [-0.2, -0.15) is 0 Å². The van der Waals surface area contributed by atoms with Gasteiger partial charge in [-0.15, -0.1) is 0 Å². The first-order valence-electron chi connectivity index (χ1n) is 16.0. The lowest BCUT2D eigenvalue weighted by Gasteiger charge is -2.32. The van der Waals surface area contributed by atoms with Gasteiger partial charge in [0.1, 0.15) is 0 Å². The van der Waals surface area contributed by atoms with Crippen LogP contribution in [-0.2, 0) is 19.5 Å². The molecule has 0 atom stereocenters. The van der Waals surface area contributed by atoms with E-state index in [0.717, 1.165) is 79.1 Å². The molecule has 11 nitrogen and oxygen atoms in total. The molecule has 12 heteroatoms. The van der Waals surface area contributed by atoms with Crippen LogP contribution < -0.4 is 15.5 Å². The monoisotopic (exact) mass is 654 g/mol. The maximum absolute atomic E-state index is 14.0. The fourth-order valence-electron chi connectivity index (χ4n) is 6.39. The molecular weight excluding hydrogens is 616 g/mol. The number of carbonyl (C=O) groups is 1. The van der Waals surface area contributed by atoms with Crippen molar-refractivity contribution in [3.05, 3.63) is 78.2 Å². The Kier molecular flexibility index (Phi) is 8.56. The molecule has 0 aliphatic carbocycles. The van der Waals surface area contributed by atoms with Crippen LogP contribution in [0.3, 0.4) is 0 Å². The molecule has 2 fully saturated rings. The van der Waals surface area contributed by atoms with Crippen molar-refractivity contribution in [1.82, 2.24) is 19.3 Å². The number of rotatable bonds is 8. The summed E-state index contributed by atoms with van der Waals surface area (Å²) >= 11 is 0. The van der Waals surface area contributed by atoms with E-state index in [9.17, 15) is 13.2 Å². The molecule has 0 unspecified atom stereocenters. The second-order valence-corrected chi connectivity index (χ2v) is 13.9. The van der Waals surface area contributed by atoms with Crippen LogP contribution in [0.4, 0.5) is 11.4 Å². The van der Waals surface area contributed by atoms with Gasteiger partial charge < -0.3 is 25.0 Å². The third kappa shape index (κ3) is 6.04. The van der Waals surface area contributed by atoms with Gasteiger partial charge in [0.25, 0.3) is 15.9 Å². The smallest absolute Gasteiger partial charge is 0.269 e. The number of pyridine rings is 2. The van der Waals surface area contributed by atoms with E-state index in [4.69, 9.17) is 14.5 Å². The van der Waals surface area contributed by atoms with Gasteiger partial charge >= 0.3 is 0 Å². The predicted octanol–water partition coefficient (Wildman–Crippen LogP) is 4.83. The fourth-order valence-corrected chi connectivity index (χ4v) is 7.72.